The summed E-state index contributed by atoms with van der Waals surface area (Å²) in [5.41, 5.74) is 0.511. The summed E-state index contributed by atoms with van der Waals surface area (Å²) < 4.78 is 6.43. The van der Waals surface area contributed by atoms with Gasteiger partial charge in [-0.2, -0.15) is 9.38 Å². The lowest BCUT2D eigenvalue weighted by Crippen LogP contribution is -2.49. The molecule has 1 fully saturated rings. The zero-order valence-electron chi connectivity index (χ0n) is 12.5. The third-order valence-corrected chi connectivity index (χ3v) is 4.78. The first-order chi connectivity index (χ1) is 11.6. The zero-order valence-corrected chi connectivity index (χ0v) is 13.3. The minimum absolute atomic E-state index is 0.0270. The van der Waals surface area contributed by atoms with E-state index in [9.17, 15) is 14.9 Å². The number of nitro groups is 1. The van der Waals surface area contributed by atoms with E-state index in [0.717, 1.165) is 0 Å². The van der Waals surface area contributed by atoms with Gasteiger partial charge in [-0.3, -0.25) is 4.79 Å². The Morgan fingerprint density at radius 1 is 1.33 bits per heavy atom. The van der Waals surface area contributed by atoms with Crippen LogP contribution < -0.4 is 4.90 Å². The van der Waals surface area contributed by atoms with Crippen molar-refractivity contribution in [2.45, 2.75) is 0 Å². The molecule has 124 valence electrons. The summed E-state index contributed by atoms with van der Waals surface area (Å²) in [6, 6.07) is 1.63. The summed E-state index contributed by atoms with van der Waals surface area (Å²) in [5.74, 6) is 0.242. The number of amides is 1. The largest absolute Gasteiger partial charge is 0.472 e. The number of rotatable bonds is 3. The Balaban J connectivity index is 1.54. The molecule has 0 aromatic carbocycles. The average Bonchev–Trinajstić information content (AvgIpc) is 3.30. The van der Waals surface area contributed by atoms with E-state index in [1.165, 1.54) is 28.3 Å². The molecule has 0 radical (unpaired) electrons. The van der Waals surface area contributed by atoms with Crippen LogP contribution in [0.2, 0.25) is 0 Å². The van der Waals surface area contributed by atoms with E-state index >= 15 is 0 Å². The van der Waals surface area contributed by atoms with Crippen LogP contribution in [0.1, 0.15) is 10.4 Å². The second kappa shape index (κ2) is 5.64. The van der Waals surface area contributed by atoms with Gasteiger partial charge in [0.25, 0.3) is 10.9 Å². The Hall–Kier alpha value is -2.88. The predicted octanol–water partition coefficient (Wildman–Crippen LogP) is 1.86. The summed E-state index contributed by atoms with van der Waals surface area (Å²) in [7, 11) is 0. The Morgan fingerprint density at radius 2 is 2.12 bits per heavy atom. The van der Waals surface area contributed by atoms with Gasteiger partial charge >= 0.3 is 5.82 Å². The molecule has 10 heteroatoms. The fourth-order valence-electron chi connectivity index (χ4n) is 2.83. The number of carbonyl (C=O) groups excluding carboxylic acids is 1. The Kier molecular flexibility index (Phi) is 3.45. The number of furan rings is 1. The summed E-state index contributed by atoms with van der Waals surface area (Å²) in [4.78, 5) is 31.8. The quantitative estimate of drug-likeness (QED) is 0.530. The molecule has 3 aromatic heterocycles. The molecule has 24 heavy (non-hydrogen) atoms. The number of hydrogen-bond acceptors (Lipinski definition) is 7. The van der Waals surface area contributed by atoms with Crippen LogP contribution in [0.4, 0.5) is 11.6 Å². The summed E-state index contributed by atoms with van der Waals surface area (Å²) in [5, 5.41) is 13.2. The van der Waals surface area contributed by atoms with Crippen LogP contribution in [0.5, 0.6) is 0 Å². The standard InChI is InChI=1S/C14H13N5O4S/c20-13(10-1-7-23-9-10)17-4-2-16(3-5-17)11-12(19(21)22)18-6-8-24-14(18)15-11/h1,6-9H,2-5H2. The predicted molar refractivity (Wildman–Crippen MR) is 86.5 cm³/mol. The number of carbonyl (C=O) groups is 1. The van der Waals surface area contributed by atoms with Crippen molar-refractivity contribution in [2.24, 2.45) is 0 Å². The van der Waals surface area contributed by atoms with Crippen molar-refractivity contribution >= 4 is 33.8 Å². The minimum atomic E-state index is -0.412. The molecule has 1 aliphatic rings. The Morgan fingerprint density at radius 3 is 2.79 bits per heavy atom. The maximum Gasteiger partial charge on any atom is 0.373 e. The molecule has 0 atom stereocenters. The fraction of sp³-hybridized carbons (Fsp3) is 0.286. The zero-order chi connectivity index (χ0) is 16.7. The van der Waals surface area contributed by atoms with Crippen LogP contribution in [0.3, 0.4) is 0 Å². The van der Waals surface area contributed by atoms with Gasteiger partial charge in [0.05, 0.1) is 11.8 Å². The molecule has 0 unspecified atom stereocenters. The molecule has 3 aromatic rings. The van der Waals surface area contributed by atoms with Gasteiger partial charge in [-0.05, 0) is 11.0 Å². The monoisotopic (exact) mass is 347 g/mol. The van der Waals surface area contributed by atoms with Crippen LogP contribution in [0.25, 0.3) is 4.96 Å². The molecular formula is C14H13N5O4S. The van der Waals surface area contributed by atoms with Crippen LogP contribution in [-0.2, 0) is 0 Å². The first kappa shape index (κ1) is 14.7. The number of thiazole rings is 1. The lowest BCUT2D eigenvalue weighted by atomic mass is 10.2. The van der Waals surface area contributed by atoms with Gasteiger partial charge in [0, 0.05) is 31.6 Å². The van der Waals surface area contributed by atoms with E-state index in [2.05, 4.69) is 4.98 Å². The van der Waals surface area contributed by atoms with Gasteiger partial charge in [-0.25, -0.2) is 0 Å². The molecule has 4 heterocycles. The summed E-state index contributed by atoms with van der Waals surface area (Å²) in [6.45, 7) is 1.95. The molecule has 1 saturated heterocycles. The second-order valence-electron chi connectivity index (χ2n) is 5.36. The molecule has 0 aliphatic carbocycles. The normalized spacial score (nSPS) is 15.2. The number of nitrogens with zero attached hydrogens (tertiary/aromatic N) is 5. The number of hydrogen-bond donors (Lipinski definition) is 0. The van der Waals surface area contributed by atoms with Gasteiger partial charge < -0.3 is 24.3 Å². The van der Waals surface area contributed by atoms with Crippen molar-refractivity contribution in [2.75, 3.05) is 31.1 Å². The Labute approximate surface area is 139 Å². The Bertz CT molecular complexity index is 892. The third kappa shape index (κ3) is 2.31. The second-order valence-corrected chi connectivity index (χ2v) is 6.24. The first-order valence-corrected chi connectivity index (χ1v) is 8.19. The minimum Gasteiger partial charge on any atom is -0.472 e. The topological polar surface area (TPSA) is 97.1 Å². The van der Waals surface area contributed by atoms with Gasteiger partial charge in [0.2, 0.25) is 5.82 Å². The summed E-state index contributed by atoms with van der Waals surface area (Å²) >= 11 is 1.35. The van der Waals surface area contributed by atoms with Gasteiger partial charge in [-0.1, -0.05) is 11.3 Å². The van der Waals surface area contributed by atoms with Crippen LogP contribution in [0.15, 0.2) is 34.6 Å². The number of aromatic nitrogens is 2. The van der Waals surface area contributed by atoms with E-state index in [4.69, 9.17) is 4.42 Å². The number of piperazine rings is 1. The highest BCUT2D eigenvalue weighted by molar-refractivity contribution is 7.15. The van der Waals surface area contributed by atoms with Crippen LogP contribution in [0, 0.1) is 10.1 Å². The van der Waals surface area contributed by atoms with Crippen molar-refractivity contribution in [3.05, 3.63) is 45.8 Å². The molecule has 0 N–H and O–H groups in total. The number of anilines is 1. The molecule has 1 amide bonds. The first-order valence-electron chi connectivity index (χ1n) is 7.31. The molecular weight excluding hydrogens is 334 g/mol. The van der Waals surface area contributed by atoms with Gasteiger partial charge in [0.15, 0.2) is 0 Å². The van der Waals surface area contributed by atoms with Crippen molar-refractivity contribution in [1.29, 1.82) is 0 Å². The van der Waals surface area contributed by atoms with E-state index in [0.29, 0.717) is 42.5 Å². The highest BCUT2D eigenvalue weighted by Gasteiger charge is 2.31. The van der Waals surface area contributed by atoms with Crippen LogP contribution in [-0.4, -0.2) is 51.3 Å². The highest BCUT2D eigenvalue weighted by atomic mass is 32.1. The average molecular weight is 347 g/mol. The lowest BCUT2D eigenvalue weighted by Gasteiger charge is -2.34. The smallest absolute Gasteiger partial charge is 0.373 e. The van der Waals surface area contributed by atoms with Crippen molar-refractivity contribution in [1.82, 2.24) is 14.3 Å². The fourth-order valence-corrected chi connectivity index (χ4v) is 3.54. The van der Waals surface area contributed by atoms with E-state index in [1.807, 2.05) is 4.90 Å². The van der Waals surface area contributed by atoms with E-state index in [1.54, 1.807) is 22.5 Å². The lowest BCUT2D eigenvalue weighted by molar-refractivity contribution is -0.389. The highest BCUT2D eigenvalue weighted by Crippen LogP contribution is 2.31. The summed E-state index contributed by atoms with van der Waals surface area (Å²) in [6.07, 6.45) is 4.53. The van der Waals surface area contributed by atoms with Gasteiger partial charge in [-0.15, -0.1) is 0 Å². The van der Waals surface area contributed by atoms with E-state index in [-0.39, 0.29) is 11.7 Å². The van der Waals surface area contributed by atoms with Crippen molar-refractivity contribution in [3.8, 4) is 0 Å². The molecule has 9 nitrogen and oxygen atoms in total. The van der Waals surface area contributed by atoms with E-state index < -0.39 is 4.92 Å². The number of fused-ring (bicyclic) bond motifs is 1. The molecule has 1 aliphatic heterocycles. The molecule has 4 rings (SSSR count). The maximum atomic E-state index is 12.3. The van der Waals surface area contributed by atoms with Crippen molar-refractivity contribution in [3.63, 3.8) is 0 Å². The molecule has 0 spiro atoms. The molecule has 0 bridgehead atoms. The molecule has 0 saturated carbocycles. The van der Waals surface area contributed by atoms with Gasteiger partial charge in [0.1, 0.15) is 12.5 Å². The number of imidazole rings is 1. The maximum absolute atomic E-state index is 12.3. The third-order valence-electron chi connectivity index (χ3n) is 4.03. The van der Waals surface area contributed by atoms with Crippen molar-refractivity contribution < 1.29 is 14.1 Å². The van der Waals surface area contributed by atoms with Crippen LogP contribution >= 0.6 is 11.3 Å². The SMILES string of the molecule is O=C(c1ccoc1)N1CCN(c2nc3sccn3c2[N+](=O)[O-])CC1.